The number of aromatic nitrogens is 3. The summed E-state index contributed by atoms with van der Waals surface area (Å²) in [4.78, 5) is 18.3. The second kappa shape index (κ2) is 10.2. The molecule has 0 fully saturated rings. The van der Waals surface area contributed by atoms with Gasteiger partial charge in [0.15, 0.2) is 0 Å². The molecule has 9 heteroatoms. The Kier molecular flexibility index (Phi) is 6.64. The third-order valence-electron chi connectivity index (χ3n) is 5.83. The second-order valence-corrected chi connectivity index (χ2v) is 9.19. The van der Waals surface area contributed by atoms with Gasteiger partial charge in [-0.25, -0.2) is 4.68 Å². The minimum atomic E-state index is -0.596. The lowest BCUT2D eigenvalue weighted by atomic mass is 9.95. The lowest BCUT2D eigenvalue weighted by Crippen LogP contribution is -2.31. The van der Waals surface area contributed by atoms with Gasteiger partial charge in [-0.2, -0.15) is 4.98 Å². The van der Waals surface area contributed by atoms with Crippen molar-refractivity contribution in [2.75, 3.05) is 17.7 Å². The van der Waals surface area contributed by atoms with Crippen LogP contribution in [-0.4, -0.2) is 32.9 Å². The molecule has 0 radical (unpaired) electrons. The number of phenolic OH excluding ortho intramolecular Hbond substituents is 1. The molecule has 36 heavy (non-hydrogen) atoms. The third-order valence-corrected chi connectivity index (χ3v) is 6.74. The van der Waals surface area contributed by atoms with E-state index in [2.05, 4.69) is 27.8 Å². The molecule has 0 aliphatic carbocycles. The van der Waals surface area contributed by atoms with Gasteiger partial charge in [-0.1, -0.05) is 66.4 Å². The van der Waals surface area contributed by atoms with Crippen LogP contribution in [0.5, 0.6) is 11.5 Å². The van der Waals surface area contributed by atoms with E-state index in [0.717, 1.165) is 0 Å². The van der Waals surface area contributed by atoms with E-state index >= 15 is 0 Å². The normalized spacial score (nSPS) is 14.7. The molecule has 0 bridgehead atoms. The van der Waals surface area contributed by atoms with E-state index in [1.807, 2.05) is 43.3 Å². The molecule has 0 unspecified atom stereocenters. The van der Waals surface area contributed by atoms with E-state index in [4.69, 9.17) is 9.84 Å². The standard InChI is InChI=1S/C27H25N5O3S/c1-17-23(25(34)29-21-13-6-7-14-22(21)35-2)24(19-11-8-12-20(33)15-19)32-26(28-17)30-27(31-32)36-16-18-9-4-3-5-10-18/h3-15,24,33H,16H2,1-2H3,(H,29,34)(H,28,30,31)/t24-/m1/s1. The first-order valence-electron chi connectivity index (χ1n) is 11.4. The van der Waals surface area contributed by atoms with E-state index in [9.17, 15) is 9.90 Å². The molecule has 182 valence electrons. The van der Waals surface area contributed by atoms with Crippen molar-refractivity contribution >= 4 is 29.3 Å². The number of anilines is 2. The van der Waals surface area contributed by atoms with Crippen molar-refractivity contribution in [3.8, 4) is 11.5 Å². The molecule has 0 spiro atoms. The highest BCUT2D eigenvalue weighted by atomic mass is 32.2. The van der Waals surface area contributed by atoms with Crippen LogP contribution < -0.4 is 15.4 Å². The Morgan fingerprint density at radius 1 is 1.11 bits per heavy atom. The molecule has 1 amide bonds. The molecule has 3 aromatic carbocycles. The van der Waals surface area contributed by atoms with Gasteiger partial charge in [0.1, 0.15) is 17.5 Å². The number of methoxy groups -OCH3 is 1. The average Bonchev–Trinajstić information content (AvgIpc) is 3.29. The number of nitrogens with one attached hydrogen (secondary N) is 2. The average molecular weight is 500 g/mol. The maximum atomic E-state index is 13.6. The van der Waals surface area contributed by atoms with E-state index in [1.54, 1.807) is 42.1 Å². The lowest BCUT2D eigenvalue weighted by Gasteiger charge is -2.28. The number of ether oxygens (including phenoxy) is 1. The summed E-state index contributed by atoms with van der Waals surface area (Å²) in [5.74, 6) is 1.60. The molecular formula is C27H25N5O3S. The van der Waals surface area contributed by atoms with Crippen molar-refractivity contribution < 1.29 is 14.6 Å². The second-order valence-electron chi connectivity index (χ2n) is 8.25. The number of fused-ring (bicyclic) bond motifs is 1. The fraction of sp³-hybridized carbons (Fsp3) is 0.148. The van der Waals surface area contributed by atoms with Gasteiger partial charge >= 0.3 is 0 Å². The van der Waals surface area contributed by atoms with Gasteiger partial charge in [0.05, 0.1) is 18.4 Å². The molecule has 0 saturated carbocycles. The molecule has 1 aromatic heterocycles. The maximum Gasteiger partial charge on any atom is 0.255 e. The predicted molar refractivity (Wildman–Crippen MR) is 140 cm³/mol. The van der Waals surface area contributed by atoms with Crippen LogP contribution >= 0.6 is 11.8 Å². The van der Waals surface area contributed by atoms with Crippen molar-refractivity contribution in [1.82, 2.24) is 14.8 Å². The van der Waals surface area contributed by atoms with Crippen LogP contribution in [0, 0.1) is 0 Å². The predicted octanol–water partition coefficient (Wildman–Crippen LogP) is 5.21. The van der Waals surface area contributed by atoms with Crippen molar-refractivity contribution in [2.24, 2.45) is 0 Å². The Hall–Kier alpha value is -4.24. The SMILES string of the molecule is COc1ccccc1NC(=O)C1=C(C)Nc2nc(SCc3ccccc3)nn2[C@@H]1c1cccc(O)c1. The van der Waals surface area contributed by atoms with Crippen LogP contribution in [-0.2, 0) is 10.5 Å². The van der Waals surface area contributed by atoms with E-state index in [-0.39, 0.29) is 11.7 Å². The number of thioether (sulfide) groups is 1. The summed E-state index contributed by atoms with van der Waals surface area (Å²) in [6.07, 6.45) is 0. The van der Waals surface area contributed by atoms with Crippen molar-refractivity contribution in [1.29, 1.82) is 0 Å². The van der Waals surface area contributed by atoms with Crippen LogP contribution in [0.25, 0.3) is 0 Å². The first kappa shape index (κ1) is 23.5. The number of phenols is 1. The van der Waals surface area contributed by atoms with Crippen LogP contribution in [0.3, 0.4) is 0 Å². The molecule has 8 nitrogen and oxygen atoms in total. The number of nitrogens with zero attached hydrogens (tertiary/aromatic N) is 3. The van der Waals surface area contributed by atoms with Gasteiger partial charge in [-0.3, -0.25) is 4.79 Å². The Labute approximate surface area is 213 Å². The van der Waals surface area contributed by atoms with Crippen molar-refractivity contribution in [2.45, 2.75) is 23.9 Å². The van der Waals surface area contributed by atoms with Crippen molar-refractivity contribution in [3.63, 3.8) is 0 Å². The molecule has 3 N–H and O–H groups in total. The summed E-state index contributed by atoms with van der Waals surface area (Å²) in [5.41, 5.74) is 3.55. The number of rotatable bonds is 7. The Morgan fingerprint density at radius 2 is 1.89 bits per heavy atom. The summed E-state index contributed by atoms with van der Waals surface area (Å²) in [6, 6.07) is 23.6. The highest BCUT2D eigenvalue weighted by molar-refractivity contribution is 7.98. The molecular weight excluding hydrogens is 474 g/mol. The highest BCUT2D eigenvalue weighted by Crippen LogP contribution is 2.38. The number of carbonyl (C=O) groups excluding carboxylic acids is 1. The first-order chi connectivity index (χ1) is 17.5. The number of allylic oxidation sites excluding steroid dienone is 1. The van der Waals surface area contributed by atoms with Gasteiger partial charge in [0.2, 0.25) is 11.1 Å². The van der Waals surface area contributed by atoms with Gasteiger partial charge in [-0.05, 0) is 42.3 Å². The fourth-order valence-corrected chi connectivity index (χ4v) is 4.93. The summed E-state index contributed by atoms with van der Waals surface area (Å²) < 4.78 is 7.10. The zero-order valence-corrected chi connectivity index (χ0v) is 20.6. The number of aromatic hydroxyl groups is 1. The number of hydrogen-bond donors (Lipinski definition) is 3. The Balaban J connectivity index is 1.51. The number of amides is 1. The van der Waals surface area contributed by atoms with Crippen molar-refractivity contribution in [3.05, 3.63) is 101 Å². The summed E-state index contributed by atoms with van der Waals surface area (Å²) in [6.45, 7) is 1.84. The molecule has 2 heterocycles. The number of para-hydroxylation sites is 2. The minimum absolute atomic E-state index is 0.105. The maximum absolute atomic E-state index is 13.6. The van der Waals surface area contributed by atoms with Crippen LogP contribution in [0.1, 0.15) is 24.1 Å². The highest BCUT2D eigenvalue weighted by Gasteiger charge is 2.34. The molecule has 1 aliphatic rings. The molecule has 1 atom stereocenters. The van der Waals surface area contributed by atoms with Gasteiger partial charge < -0.3 is 20.5 Å². The monoisotopic (exact) mass is 499 g/mol. The van der Waals surface area contributed by atoms with E-state index < -0.39 is 6.04 Å². The molecule has 5 rings (SSSR count). The molecule has 4 aromatic rings. The van der Waals surface area contributed by atoms with Crippen LogP contribution in [0.2, 0.25) is 0 Å². The number of hydrogen-bond acceptors (Lipinski definition) is 7. The summed E-state index contributed by atoms with van der Waals surface area (Å²) in [5, 5.41) is 21.7. The van der Waals surface area contributed by atoms with Gasteiger partial charge in [0.25, 0.3) is 5.91 Å². The van der Waals surface area contributed by atoms with Crippen LogP contribution in [0.15, 0.2) is 95.3 Å². The zero-order valence-electron chi connectivity index (χ0n) is 19.8. The van der Waals surface area contributed by atoms with E-state index in [1.165, 1.54) is 17.3 Å². The van der Waals surface area contributed by atoms with Gasteiger partial charge in [0, 0.05) is 11.4 Å². The quantitative estimate of drug-likeness (QED) is 0.300. The lowest BCUT2D eigenvalue weighted by molar-refractivity contribution is -0.113. The Bertz CT molecular complexity index is 1430. The fourth-order valence-electron chi connectivity index (χ4n) is 4.15. The summed E-state index contributed by atoms with van der Waals surface area (Å²) in [7, 11) is 1.56. The molecule has 1 aliphatic heterocycles. The van der Waals surface area contributed by atoms with E-state index in [0.29, 0.717) is 45.1 Å². The van der Waals surface area contributed by atoms with Gasteiger partial charge in [-0.15, -0.1) is 5.10 Å². The Morgan fingerprint density at radius 3 is 2.67 bits per heavy atom. The minimum Gasteiger partial charge on any atom is -0.508 e. The smallest absolute Gasteiger partial charge is 0.255 e. The largest absolute Gasteiger partial charge is 0.508 e. The topological polar surface area (TPSA) is 101 Å². The summed E-state index contributed by atoms with van der Waals surface area (Å²) >= 11 is 1.52. The molecule has 0 saturated heterocycles. The zero-order chi connectivity index (χ0) is 25.1. The number of carbonyl (C=O) groups is 1. The number of benzene rings is 3. The third kappa shape index (κ3) is 4.78. The van der Waals surface area contributed by atoms with Crippen LogP contribution in [0.4, 0.5) is 11.6 Å². The first-order valence-corrected chi connectivity index (χ1v) is 12.4.